The van der Waals surface area contributed by atoms with E-state index in [2.05, 4.69) is 10.6 Å². The van der Waals surface area contributed by atoms with Gasteiger partial charge >= 0.3 is 0 Å². The minimum absolute atomic E-state index is 0.0392. The average molecular weight is 278 g/mol. The number of likely N-dealkylation sites (N-methyl/N-ethyl adjacent to an activating group) is 2. The number of hydrogen-bond acceptors (Lipinski definition) is 4. The van der Waals surface area contributed by atoms with Gasteiger partial charge in [-0.15, -0.1) is 0 Å². The highest BCUT2D eigenvalue weighted by Crippen LogP contribution is 2.16. The lowest BCUT2D eigenvalue weighted by molar-refractivity contribution is -0.122. The normalized spacial score (nSPS) is 10.3. The number of nitrogens with one attached hydrogen (secondary N) is 2. The van der Waals surface area contributed by atoms with Crippen molar-refractivity contribution < 1.29 is 9.59 Å². The average Bonchev–Trinajstić information content (AvgIpc) is 2.39. The van der Waals surface area contributed by atoms with Gasteiger partial charge in [0.05, 0.1) is 17.9 Å². The second-order valence-corrected chi connectivity index (χ2v) is 4.58. The van der Waals surface area contributed by atoms with Crippen LogP contribution in [0, 0.1) is 0 Å². The molecule has 1 aromatic carbocycles. The minimum Gasteiger partial charge on any atom is -0.397 e. The molecule has 0 aromatic heterocycles. The van der Waals surface area contributed by atoms with Crippen LogP contribution < -0.4 is 16.4 Å². The van der Waals surface area contributed by atoms with Crippen LogP contribution >= 0.6 is 0 Å². The van der Waals surface area contributed by atoms with Gasteiger partial charge < -0.3 is 16.4 Å². The van der Waals surface area contributed by atoms with Gasteiger partial charge in [0.15, 0.2) is 0 Å². The molecular formula is C14H22N4O2. The number of benzene rings is 1. The maximum atomic E-state index is 11.8. The maximum absolute atomic E-state index is 11.8. The lowest BCUT2D eigenvalue weighted by Gasteiger charge is -2.15. The molecular weight excluding hydrogens is 256 g/mol. The number of amides is 2. The number of nitrogens with zero attached hydrogens (tertiary/aromatic N) is 1. The number of carbonyl (C=O) groups is 2. The van der Waals surface area contributed by atoms with Gasteiger partial charge in [-0.1, -0.05) is 12.1 Å². The molecule has 1 rings (SSSR count). The first-order chi connectivity index (χ1) is 9.52. The first-order valence-electron chi connectivity index (χ1n) is 6.62. The Morgan fingerprint density at radius 3 is 2.60 bits per heavy atom. The van der Waals surface area contributed by atoms with E-state index < -0.39 is 0 Å². The van der Waals surface area contributed by atoms with E-state index in [0.29, 0.717) is 30.9 Å². The SMILES string of the molecule is CCNC(=O)CN(C)CCC(=O)Nc1ccccc1N. The highest BCUT2D eigenvalue weighted by Gasteiger charge is 2.09. The van der Waals surface area contributed by atoms with Crippen LogP contribution in [0.1, 0.15) is 13.3 Å². The van der Waals surface area contributed by atoms with E-state index >= 15 is 0 Å². The third kappa shape index (κ3) is 5.71. The summed E-state index contributed by atoms with van der Waals surface area (Å²) in [6.45, 7) is 3.28. The molecule has 0 saturated carbocycles. The van der Waals surface area contributed by atoms with Gasteiger partial charge in [-0.3, -0.25) is 14.5 Å². The van der Waals surface area contributed by atoms with Crippen molar-refractivity contribution in [2.24, 2.45) is 0 Å². The van der Waals surface area contributed by atoms with Crippen molar-refractivity contribution in [3.8, 4) is 0 Å². The maximum Gasteiger partial charge on any atom is 0.234 e. The summed E-state index contributed by atoms with van der Waals surface area (Å²) in [6, 6.07) is 7.11. The third-order valence-electron chi connectivity index (χ3n) is 2.74. The molecule has 110 valence electrons. The van der Waals surface area contributed by atoms with Gasteiger partial charge in [0.1, 0.15) is 0 Å². The molecule has 20 heavy (non-hydrogen) atoms. The molecule has 0 unspecified atom stereocenters. The first-order valence-corrected chi connectivity index (χ1v) is 6.62. The predicted molar refractivity (Wildman–Crippen MR) is 80.3 cm³/mol. The summed E-state index contributed by atoms with van der Waals surface area (Å²) < 4.78 is 0. The second kappa shape index (κ2) is 8.16. The smallest absolute Gasteiger partial charge is 0.234 e. The van der Waals surface area contributed by atoms with E-state index in [-0.39, 0.29) is 18.4 Å². The van der Waals surface area contributed by atoms with E-state index in [1.165, 1.54) is 0 Å². The zero-order valence-corrected chi connectivity index (χ0v) is 12.0. The topological polar surface area (TPSA) is 87.5 Å². The molecule has 0 fully saturated rings. The highest BCUT2D eigenvalue weighted by molar-refractivity contribution is 5.93. The van der Waals surface area contributed by atoms with Crippen molar-refractivity contribution in [1.29, 1.82) is 0 Å². The molecule has 6 nitrogen and oxygen atoms in total. The monoisotopic (exact) mass is 278 g/mol. The molecule has 1 aromatic rings. The van der Waals surface area contributed by atoms with Gasteiger partial charge in [-0.05, 0) is 26.1 Å². The van der Waals surface area contributed by atoms with Crippen LogP contribution in [0.2, 0.25) is 0 Å². The van der Waals surface area contributed by atoms with Crippen LogP contribution in [0.15, 0.2) is 24.3 Å². The summed E-state index contributed by atoms with van der Waals surface area (Å²) >= 11 is 0. The third-order valence-corrected chi connectivity index (χ3v) is 2.74. The molecule has 0 aliphatic rings. The Labute approximate surface area is 119 Å². The first kappa shape index (κ1) is 16.0. The highest BCUT2D eigenvalue weighted by atomic mass is 16.2. The molecule has 0 heterocycles. The lowest BCUT2D eigenvalue weighted by atomic mass is 10.2. The van der Waals surface area contributed by atoms with Crippen molar-refractivity contribution in [2.75, 3.05) is 37.7 Å². The van der Waals surface area contributed by atoms with Gasteiger partial charge in [-0.2, -0.15) is 0 Å². The summed E-state index contributed by atoms with van der Waals surface area (Å²) in [7, 11) is 1.80. The summed E-state index contributed by atoms with van der Waals surface area (Å²) in [5.74, 6) is -0.159. The van der Waals surface area contributed by atoms with Crippen molar-refractivity contribution in [3.05, 3.63) is 24.3 Å². The largest absolute Gasteiger partial charge is 0.397 e. The Morgan fingerprint density at radius 1 is 1.25 bits per heavy atom. The molecule has 0 bridgehead atoms. The standard InChI is InChI=1S/C14H22N4O2/c1-3-16-14(20)10-18(2)9-8-13(19)17-12-7-5-4-6-11(12)15/h4-7H,3,8-10,15H2,1-2H3,(H,16,20)(H,17,19). The van der Waals surface area contributed by atoms with Crippen LogP contribution in [-0.4, -0.2) is 43.4 Å². The lowest BCUT2D eigenvalue weighted by Crippen LogP contribution is -2.36. The Balaban J connectivity index is 2.33. The minimum atomic E-state index is -0.120. The van der Waals surface area contributed by atoms with Crippen LogP contribution in [0.5, 0.6) is 0 Å². The number of anilines is 2. The molecule has 0 aliphatic heterocycles. The van der Waals surface area contributed by atoms with E-state index in [1.807, 2.05) is 19.1 Å². The molecule has 0 aliphatic carbocycles. The zero-order valence-electron chi connectivity index (χ0n) is 12.0. The van der Waals surface area contributed by atoms with E-state index in [1.54, 1.807) is 24.1 Å². The molecule has 0 atom stereocenters. The number of carbonyl (C=O) groups excluding carboxylic acids is 2. The Morgan fingerprint density at radius 2 is 1.95 bits per heavy atom. The fourth-order valence-electron chi connectivity index (χ4n) is 1.69. The van der Waals surface area contributed by atoms with E-state index in [9.17, 15) is 9.59 Å². The fourth-order valence-corrected chi connectivity index (χ4v) is 1.69. The number of nitrogen functional groups attached to an aromatic ring is 1. The number of para-hydroxylation sites is 2. The fraction of sp³-hybridized carbons (Fsp3) is 0.429. The quantitative estimate of drug-likeness (QED) is 0.640. The Kier molecular flexibility index (Phi) is 6.52. The van der Waals surface area contributed by atoms with Gasteiger partial charge in [0.2, 0.25) is 11.8 Å². The molecule has 0 saturated heterocycles. The summed E-state index contributed by atoms with van der Waals surface area (Å²) in [5.41, 5.74) is 6.90. The van der Waals surface area contributed by atoms with Crippen molar-refractivity contribution in [3.63, 3.8) is 0 Å². The van der Waals surface area contributed by atoms with Gasteiger partial charge in [0, 0.05) is 19.5 Å². The molecule has 4 N–H and O–H groups in total. The van der Waals surface area contributed by atoms with Crippen LogP contribution in [0.4, 0.5) is 11.4 Å². The molecule has 0 radical (unpaired) electrons. The van der Waals surface area contributed by atoms with Gasteiger partial charge in [-0.25, -0.2) is 0 Å². The Bertz CT molecular complexity index is 462. The van der Waals surface area contributed by atoms with E-state index in [0.717, 1.165) is 0 Å². The van der Waals surface area contributed by atoms with Crippen molar-refractivity contribution >= 4 is 23.2 Å². The zero-order chi connectivity index (χ0) is 15.0. The number of rotatable bonds is 7. The molecule has 6 heteroatoms. The second-order valence-electron chi connectivity index (χ2n) is 4.58. The number of nitrogens with two attached hydrogens (primary N) is 1. The predicted octanol–water partition coefficient (Wildman–Crippen LogP) is 0.665. The van der Waals surface area contributed by atoms with Crippen molar-refractivity contribution in [1.82, 2.24) is 10.2 Å². The Hall–Kier alpha value is -2.08. The van der Waals surface area contributed by atoms with E-state index in [4.69, 9.17) is 5.73 Å². The molecule has 0 spiro atoms. The molecule has 2 amide bonds. The summed E-state index contributed by atoms with van der Waals surface area (Å²) in [4.78, 5) is 25.0. The van der Waals surface area contributed by atoms with Crippen LogP contribution in [0.3, 0.4) is 0 Å². The van der Waals surface area contributed by atoms with Gasteiger partial charge in [0.25, 0.3) is 0 Å². The summed E-state index contributed by atoms with van der Waals surface area (Å²) in [5, 5.41) is 5.47. The van der Waals surface area contributed by atoms with Crippen LogP contribution in [-0.2, 0) is 9.59 Å². The summed E-state index contributed by atoms with van der Waals surface area (Å²) in [6.07, 6.45) is 0.310. The van der Waals surface area contributed by atoms with Crippen molar-refractivity contribution in [2.45, 2.75) is 13.3 Å². The van der Waals surface area contributed by atoms with Crippen LogP contribution in [0.25, 0.3) is 0 Å². The number of hydrogen-bond donors (Lipinski definition) is 3.